The van der Waals surface area contributed by atoms with Crippen molar-refractivity contribution in [1.82, 2.24) is 0 Å². The van der Waals surface area contributed by atoms with Crippen LogP contribution < -0.4 is 10.6 Å². The molecule has 1 amide bonds. The van der Waals surface area contributed by atoms with Gasteiger partial charge in [0.1, 0.15) is 11.6 Å². The highest BCUT2D eigenvalue weighted by Gasteiger charge is 2.50. The Bertz CT molecular complexity index is 458. The monoisotopic (exact) mass is 240 g/mol. The van der Waals surface area contributed by atoms with Crippen LogP contribution in [0.15, 0.2) is 18.2 Å². The Hall–Kier alpha value is -1.49. The second-order valence-corrected chi connectivity index (χ2v) is 4.44. The molecule has 1 aromatic carbocycles. The zero-order chi connectivity index (χ0) is 12.6. The van der Waals surface area contributed by atoms with E-state index in [-0.39, 0.29) is 18.1 Å². The largest absolute Gasteiger partial charge is 0.329 e. The maximum atomic E-state index is 13.5. The van der Waals surface area contributed by atoms with E-state index in [1.165, 1.54) is 7.05 Å². The molecular formula is C12H14F2N2O. The Balaban J connectivity index is 2.28. The van der Waals surface area contributed by atoms with Crippen LogP contribution in [-0.2, 0) is 4.79 Å². The van der Waals surface area contributed by atoms with E-state index in [0.29, 0.717) is 12.8 Å². The second-order valence-electron chi connectivity index (χ2n) is 4.44. The molecule has 1 saturated carbocycles. The highest BCUT2D eigenvalue weighted by Crippen LogP contribution is 2.46. The van der Waals surface area contributed by atoms with Crippen molar-refractivity contribution in [3.05, 3.63) is 29.8 Å². The van der Waals surface area contributed by atoms with Crippen molar-refractivity contribution in [2.45, 2.75) is 12.8 Å². The molecule has 0 saturated heterocycles. The zero-order valence-electron chi connectivity index (χ0n) is 9.54. The molecule has 1 aromatic rings. The molecule has 0 atom stereocenters. The van der Waals surface area contributed by atoms with Gasteiger partial charge in [0.15, 0.2) is 0 Å². The molecule has 1 fully saturated rings. The highest BCUT2D eigenvalue weighted by molar-refractivity contribution is 5.99. The zero-order valence-corrected chi connectivity index (χ0v) is 9.54. The molecule has 1 aliphatic carbocycles. The van der Waals surface area contributed by atoms with Gasteiger partial charge in [0.25, 0.3) is 0 Å². The molecule has 0 spiro atoms. The Kier molecular flexibility index (Phi) is 2.87. The van der Waals surface area contributed by atoms with Crippen molar-refractivity contribution < 1.29 is 13.6 Å². The first kappa shape index (κ1) is 12.0. The average Bonchev–Trinajstić information content (AvgIpc) is 3.11. The lowest BCUT2D eigenvalue weighted by Crippen LogP contribution is -2.38. The molecule has 92 valence electrons. The summed E-state index contributed by atoms with van der Waals surface area (Å²) in [6.45, 7) is 0.243. The molecule has 0 radical (unpaired) electrons. The molecule has 0 aliphatic heterocycles. The summed E-state index contributed by atoms with van der Waals surface area (Å²) >= 11 is 0. The van der Waals surface area contributed by atoms with Crippen LogP contribution >= 0.6 is 0 Å². The van der Waals surface area contributed by atoms with Crippen LogP contribution in [0.5, 0.6) is 0 Å². The number of benzene rings is 1. The number of nitrogens with two attached hydrogens (primary N) is 1. The van der Waals surface area contributed by atoms with E-state index >= 15 is 0 Å². The Morgan fingerprint density at radius 2 is 2.12 bits per heavy atom. The number of hydrogen-bond donors (Lipinski definition) is 1. The highest BCUT2D eigenvalue weighted by atomic mass is 19.1. The van der Waals surface area contributed by atoms with Crippen LogP contribution in [0.1, 0.15) is 12.8 Å². The number of carbonyl (C=O) groups excluding carboxylic acids is 1. The maximum absolute atomic E-state index is 13.5. The van der Waals surface area contributed by atoms with E-state index in [1.807, 2.05) is 0 Å². The van der Waals surface area contributed by atoms with Gasteiger partial charge in [-0.3, -0.25) is 4.79 Å². The molecular weight excluding hydrogens is 226 g/mol. The van der Waals surface area contributed by atoms with Crippen molar-refractivity contribution in [2.75, 3.05) is 18.5 Å². The van der Waals surface area contributed by atoms with E-state index in [9.17, 15) is 13.6 Å². The number of hydrogen-bond acceptors (Lipinski definition) is 2. The van der Waals surface area contributed by atoms with Crippen LogP contribution in [-0.4, -0.2) is 19.5 Å². The third-order valence-electron chi connectivity index (χ3n) is 3.27. The van der Waals surface area contributed by atoms with Crippen LogP contribution in [0.25, 0.3) is 0 Å². The summed E-state index contributed by atoms with van der Waals surface area (Å²) < 4.78 is 26.5. The smallest absolute Gasteiger partial charge is 0.234 e. The minimum atomic E-state index is -0.616. The molecule has 1 aliphatic rings. The van der Waals surface area contributed by atoms with E-state index < -0.39 is 17.0 Å². The van der Waals surface area contributed by atoms with Crippen molar-refractivity contribution >= 4 is 11.6 Å². The fourth-order valence-electron chi connectivity index (χ4n) is 1.86. The number of anilines is 1. The van der Waals surface area contributed by atoms with Crippen LogP contribution in [0.3, 0.4) is 0 Å². The lowest BCUT2D eigenvalue weighted by molar-refractivity contribution is -0.123. The standard InChI is InChI=1S/C12H14F2N2O/c1-16(11(17)12(7-15)4-5-12)10-6-8(13)2-3-9(10)14/h2-3,6H,4-5,7,15H2,1H3. The van der Waals surface area contributed by atoms with Crippen molar-refractivity contribution in [2.24, 2.45) is 11.1 Å². The van der Waals surface area contributed by atoms with Gasteiger partial charge in [-0.15, -0.1) is 0 Å². The quantitative estimate of drug-likeness (QED) is 0.873. The Morgan fingerprint density at radius 1 is 1.47 bits per heavy atom. The van der Waals surface area contributed by atoms with Gasteiger partial charge in [-0.1, -0.05) is 0 Å². The van der Waals surface area contributed by atoms with Gasteiger partial charge >= 0.3 is 0 Å². The molecule has 2 N–H and O–H groups in total. The van der Waals surface area contributed by atoms with Crippen LogP contribution in [0.4, 0.5) is 14.5 Å². The first-order valence-electron chi connectivity index (χ1n) is 5.43. The van der Waals surface area contributed by atoms with Crippen molar-refractivity contribution in [3.63, 3.8) is 0 Å². The average molecular weight is 240 g/mol. The van der Waals surface area contributed by atoms with Gasteiger partial charge in [-0.05, 0) is 25.0 Å². The lowest BCUT2D eigenvalue weighted by atomic mass is 10.1. The summed E-state index contributed by atoms with van der Waals surface area (Å²) in [5.74, 6) is -1.43. The van der Waals surface area contributed by atoms with E-state index in [4.69, 9.17) is 5.73 Å². The maximum Gasteiger partial charge on any atom is 0.234 e. The Morgan fingerprint density at radius 3 is 2.65 bits per heavy atom. The van der Waals surface area contributed by atoms with Gasteiger partial charge in [0.05, 0.1) is 11.1 Å². The lowest BCUT2D eigenvalue weighted by Gasteiger charge is -2.23. The normalized spacial score (nSPS) is 16.7. The van der Waals surface area contributed by atoms with Gasteiger partial charge in [-0.25, -0.2) is 8.78 Å². The first-order chi connectivity index (χ1) is 8.00. The van der Waals surface area contributed by atoms with Crippen LogP contribution in [0, 0.1) is 17.0 Å². The molecule has 5 heteroatoms. The summed E-state index contributed by atoms with van der Waals surface area (Å²) in [4.78, 5) is 13.2. The Labute approximate surface area is 98.2 Å². The summed E-state index contributed by atoms with van der Waals surface area (Å²) in [7, 11) is 1.44. The van der Waals surface area contributed by atoms with Gasteiger partial charge in [0.2, 0.25) is 5.91 Å². The molecule has 0 bridgehead atoms. The third-order valence-corrected chi connectivity index (χ3v) is 3.27. The fraction of sp³-hybridized carbons (Fsp3) is 0.417. The predicted molar refractivity (Wildman–Crippen MR) is 60.5 cm³/mol. The van der Waals surface area contributed by atoms with Crippen molar-refractivity contribution in [1.29, 1.82) is 0 Å². The SMILES string of the molecule is CN(C(=O)C1(CN)CC1)c1cc(F)ccc1F. The van der Waals surface area contributed by atoms with Gasteiger partial charge in [-0.2, -0.15) is 0 Å². The van der Waals surface area contributed by atoms with Crippen LogP contribution in [0.2, 0.25) is 0 Å². The molecule has 0 heterocycles. The number of halogens is 2. The summed E-state index contributed by atoms with van der Waals surface area (Å²) in [5, 5.41) is 0. The molecule has 17 heavy (non-hydrogen) atoms. The minimum Gasteiger partial charge on any atom is -0.329 e. The molecule has 0 aromatic heterocycles. The minimum absolute atomic E-state index is 0.0466. The predicted octanol–water partition coefficient (Wildman–Crippen LogP) is 1.67. The van der Waals surface area contributed by atoms with E-state index in [0.717, 1.165) is 23.1 Å². The summed E-state index contributed by atoms with van der Waals surface area (Å²) in [6, 6.07) is 3.04. The molecule has 2 rings (SSSR count). The van der Waals surface area contributed by atoms with Gasteiger partial charge in [0, 0.05) is 19.7 Å². The molecule has 3 nitrogen and oxygen atoms in total. The fourth-order valence-corrected chi connectivity index (χ4v) is 1.86. The number of carbonyl (C=O) groups is 1. The van der Waals surface area contributed by atoms with E-state index in [2.05, 4.69) is 0 Å². The summed E-state index contributed by atoms with van der Waals surface area (Å²) in [6.07, 6.45) is 1.42. The summed E-state index contributed by atoms with van der Waals surface area (Å²) in [5.41, 5.74) is 4.93. The number of nitrogens with zero attached hydrogens (tertiary/aromatic N) is 1. The van der Waals surface area contributed by atoms with Crippen molar-refractivity contribution in [3.8, 4) is 0 Å². The molecule has 0 unspecified atom stereocenters. The van der Waals surface area contributed by atoms with E-state index in [1.54, 1.807) is 0 Å². The number of rotatable bonds is 3. The topological polar surface area (TPSA) is 46.3 Å². The second kappa shape index (κ2) is 4.07. The van der Waals surface area contributed by atoms with Gasteiger partial charge < -0.3 is 10.6 Å². The third kappa shape index (κ3) is 2.02. The first-order valence-corrected chi connectivity index (χ1v) is 5.43. The number of amides is 1.